The lowest BCUT2D eigenvalue weighted by molar-refractivity contribution is -0.137. The van der Waals surface area contributed by atoms with Crippen LogP contribution in [0.4, 0.5) is 4.79 Å². The van der Waals surface area contributed by atoms with Crippen LogP contribution in [-0.4, -0.2) is 34.6 Å². The molecule has 5 heteroatoms. The Hall–Kier alpha value is -3.44. The Labute approximate surface area is 201 Å². The van der Waals surface area contributed by atoms with Gasteiger partial charge >= 0.3 is 6.09 Å². The molecule has 176 valence electrons. The van der Waals surface area contributed by atoms with E-state index in [1.807, 2.05) is 48.5 Å². The molecule has 3 aromatic carbocycles. The molecule has 0 aromatic heterocycles. The van der Waals surface area contributed by atoms with Gasteiger partial charge in [0.2, 0.25) is 0 Å². The van der Waals surface area contributed by atoms with Crippen LogP contribution < -0.4 is 0 Å². The highest BCUT2D eigenvalue weighted by atomic mass is 16.6. The molecular weight excluding hydrogens is 426 g/mol. The molecule has 5 nitrogen and oxygen atoms in total. The van der Waals surface area contributed by atoms with Crippen molar-refractivity contribution in [1.82, 2.24) is 4.90 Å². The molecule has 3 aromatic rings. The fraction of sp³-hybridized carbons (Fsp3) is 0.310. The van der Waals surface area contributed by atoms with E-state index < -0.39 is 17.8 Å². The van der Waals surface area contributed by atoms with Crippen molar-refractivity contribution in [3.05, 3.63) is 96.1 Å². The summed E-state index contributed by atoms with van der Waals surface area (Å²) in [6, 6.07) is 27.8. The maximum atomic E-state index is 13.2. The molecule has 0 saturated carbocycles. The van der Waals surface area contributed by atoms with Gasteiger partial charge in [0.25, 0.3) is 5.91 Å². The first-order chi connectivity index (χ1) is 16.3. The summed E-state index contributed by atoms with van der Waals surface area (Å²) >= 11 is 0. The van der Waals surface area contributed by atoms with Crippen LogP contribution >= 0.6 is 0 Å². The van der Waals surface area contributed by atoms with E-state index in [2.05, 4.69) is 36.4 Å². The van der Waals surface area contributed by atoms with Gasteiger partial charge in [-0.05, 0) is 49.4 Å². The van der Waals surface area contributed by atoms with E-state index in [1.165, 1.54) is 4.90 Å². The molecule has 0 spiro atoms. The largest absolute Gasteiger partial charge is 0.443 e. The molecule has 1 saturated heterocycles. The van der Waals surface area contributed by atoms with Gasteiger partial charge in [-0.2, -0.15) is 0 Å². The monoisotopic (exact) mass is 457 g/mol. The summed E-state index contributed by atoms with van der Waals surface area (Å²) in [7, 11) is 0. The van der Waals surface area contributed by atoms with Gasteiger partial charge in [-0.1, -0.05) is 84.9 Å². The highest BCUT2D eigenvalue weighted by Crippen LogP contribution is 2.29. The number of hydrogen-bond acceptors (Lipinski definition) is 4. The molecule has 1 heterocycles. The molecule has 0 N–H and O–H groups in total. The van der Waals surface area contributed by atoms with Gasteiger partial charge < -0.3 is 9.47 Å². The van der Waals surface area contributed by atoms with Crippen molar-refractivity contribution in [2.45, 2.75) is 58.0 Å². The van der Waals surface area contributed by atoms with Crippen molar-refractivity contribution in [3.63, 3.8) is 0 Å². The summed E-state index contributed by atoms with van der Waals surface area (Å²) in [6.07, 6.45) is -0.313. The van der Waals surface area contributed by atoms with Crippen molar-refractivity contribution in [3.8, 4) is 11.1 Å². The quantitative estimate of drug-likeness (QED) is 0.454. The van der Waals surface area contributed by atoms with Gasteiger partial charge in [0, 0.05) is 6.42 Å². The SMILES string of the molecule is CC(C)(C)OC(=O)N1C(=O)C(OCc2ccccc2)CC1Cc1ccc(-c2ccccc2)cc1. The van der Waals surface area contributed by atoms with Crippen LogP contribution in [-0.2, 0) is 27.3 Å². The number of amides is 2. The molecule has 2 unspecified atom stereocenters. The zero-order chi connectivity index (χ0) is 24.1. The summed E-state index contributed by atoms with van der Waals surface area (Å²) in [6.45, 7) is 5.71. The molecule has 0 bridgehead atoms. The number of likely N-dealkylation sites (tertiary alicyclic amines) is 1. The number of ether oxygens (including phenoxy) is 2. The second kappa shape index (κ2) is 10.2. The molecule has 4 rings (SSSR count). The Balaban J connectivity index is 1.50. The van der Waals surface area contributed by atoms with E-state index in [9.17, 15) is 9.59 Å². The van der Waals surface area contributed by atoms with E-state index in [0.29, 0.717) is 19.4 Å². The number of nitrogens with zero attached hydrogens (tertiary/aromatic N) is 1. The molecule has 1 fully saturated rings. The van der Waals surface area contributed by atoms with E-state index in [-0.39, 0.29) is 11.9 Å². The van der Waals surface area contributed by atoms with Crippen LogP contribution in [0.5, 0.6) is 0 Å². The van der Waals surface area contributed by atoms with E-state index in [1.54, 1.807) is 20.8 Å². The van der Waals surface area contributed by atoms with E-state index >= 15 is 0 Å². The Kier molecular flexibility index (Phi) is 7.13. The predicted molar refractivity (Wildman–Crippen MR) is 132 cm³/mol. The maximum Gasteiger partial charge on any atom is 0.417 e. The van der Waals surface area contributed by atoms with Crippen molar-refractivity contribution in [2.24, 2.45) is 0 Å². The van der Waals surface area contributed by atoms with Crippen LogP contribution in [0.2, 0.25) is 0 Å². The van der Waals surface area contributed by atoms with Gasteiger partial charge in [0.15, 0.2) is 0 Å². The van der Waals surface area contributed by atoms with E-state index in [0.717, 1.165) is 22.3 Å². The Morgan fingerprint density at radius 3 is 2.06 bits per heavy atom. The third-order valence-electron chi connectivity index (χ3n) is 5.78. The molecule has 0 aliphatic carbocycles. The van der Waals surface area contributed by atoms with Gasteiger partial charge in [-0.3, -0.25) is 4.79 Å². The highest BCUT2D eigenvalue weighted by Gasteiger charge is 2.45. The second-order valence-corrected chi connectivity index (χ2v) is 9.63. The van der Waals surface area contributed by atoms with Crippen LogP contribution in [0.1, 0.15) is 38.3 Å². The minimum atomic E-state index is -0.692. The predicted octanol–water partition coefficient (Wildman–Crippen LogP) is 6.02. The maximum absolute atomic E-state index is 13.2. The number of hydrogen-bond donors (Lipinski definition) is 0. The molecule has 1 aliphatic heterocycles. The molecule has 1 aliphatic rings. The van der Waals surface area contributed by atoms with Crippen molar-refractivity contribution in [2.75, 3.05) is 0 Å². The summed E-state index contributed by atoms with van der Waals surface area (Å²) in [5, 5.41) is 0. The van der Waals surface area contributed by atoms with Crippen molar-refractivity contribution < 1.29 is 19.1 Å². The zero-order valence-corrected chi connectivity index (χ0v) is 19.9. The van der Waals surface area contributed by atoms with Crippen LogP contribution in [0, 0.1) is 0 Å². The summed E-state index contributed by atoms with van der Waals surface area (Å²) in [5.74, 6) is -0.337. The lowest BCUT2D eigenvalue weighted by Gasteiger charge is -2.27. The minimum Gasteiger partial charge on any atom is -0.443 e. The fourth-order valence-electron chi connectivity index (χ4n) is 4.16. The summed E-state index contributed by atoms with van der Waals surface area (Å²) < 4.78 is 11.5. The molecular formula is C29H31NO4. The Morgan fingerprint density at radius 1 is 0.853 bits per heavy atom. The first-order valence-corrected chi connectivity index (χ1v) is 11.7. The standard InChI is InChI=1S/C29H31NO4/c1-29(2,3)34-28(32)30-25(19-26(27(30)31)33-20-22-10-6-4-7-11-22)18-21-14-16-24(17-15-21)23-12-8-5-9-13-23/h4-17,25-26H,18-20H2,1-3H3. The van der Waals surface area contributed by atoms with Crippen molar-refractivity contribution in [1.29, 1.82) is 0 Å². The third kappa shape index (κ3) is 5.91. The average Bonchev–Trinajstić information content (AvgIpc) is 3.13. The molecule has 0 radical (unpaired) electrons. The van der Waals surface area contributed by atoms with Crippen LogP contribution in [0.3, 0.4) is 0 Å². The smallest absolute Gasteiger partial charge is 0.417 e. The highest BCUT2D eigenvalue weighted by molar-refractivity contribution is 5.97. The second-order valence-electron chi connectivity index (χ2n) is 9.63. The van der Waals surface area contributed by atoms with Gasteiger partial charge in [0.05, 0.1) is 12.6 Å². The minimum absolute atomic E-state index is 0.317. The molecule has 34 heavy (non-hydrogen) atoms. The number of benzene rings is 3. The Bertz CT molecular complexity index is 1100. The number of rotatable bonds is 6. The van der Waals surface area contributed by atoms with Gasteiger partial charge in [-0.25, -0.2) is 9.69 Å². The topological polar surface area (TPSA) is 55.8 Å². The number of imide groups is 1. The lowest BCUT2D eigenvalue weighted by Crippen LogP contribution is -2.44. The van der Waals surface area contributed by atoms with Gasteiger partial charge in [0.1, 0.15) is 11.7 Å². The van der Waals surface area contributed by atoms with Crippen LogP contribution in [0.15, 0.2) is 84.9 Å². The third-order valence-corrected chi connectivity index (χ3v) is 5.78. The average molecular weight is 458 g/mol. The number of carbonyl (C=O) groups is 2. The lowest BCUT2D eigenvalue weighted by atomic mass is 9.99. The molecule has 2 atom stereocenters. The number of carbonyl (C=O) groups excluding carboxylic acids is 2. The summed E-state index contributed by atoms with van der Waals surface area (Å²) in [4.78, 5) is 27.4. The van der Waals surface area contributed by atoms with Gasteiger partial charge in [-0.15, -0.1) is 0 Å². The first kappa shape index (κ1) is 23.7. The van der Waals surface area contributed by atoms with E-state index in [4.69, 9.17) is 9.47 Å². The van der Waals surface area contributed by atoms with Crippen molar-refractivity contribution >= 4 is 12.0 Å². The molecule has 2 amide bonds. The van der Waals surface area contributed by atoms with Crippen LogP contribution in [0.25, 0.3) is 11.1 Å². The Morgan fingerprint density at radius 2 is 1.44 bits per heavy atom. The fourth-order valence-corrected chi connectivity index (χ4v) is 4.16. The zero-order valence-electron chi connectivity index (χ0n) is 19.9. The summed E-state index contributed by atoms with van der Waals surface area (Å²) in [5.41, 5.74) is 3.62. The normalized spacial score (nSPS) is 18.2. The first-order valence-electron chi connectivity index (χ1n) is 11.7.